The molecule has 26 heavy (non-hydrogen) atoms. The molecule has 1 aliphatic rings. The average molecular weight is 355 g/mol. The van der Waals surface area contributed by atoms with Crippen molar-refractivity contribution in [3.05, 3.63) is 52.8 Å². The standard InChI is InChI=1S/C19H21N3O4/c23-17-7-6-16(15-4-2-1-3-5-15)20-22(17)13-18(24)21-10-8-14(9-11-21)12-19(25)26/h1-7,14H,8-13H2,(H,25,26). The highest BCUT2D eigenvalue weighted by Crippen LogP contribution is 2.20. The van der Waals surface area contributed by atoms with E-state index >= 15 is 0 Å². The number of hydrogen-bond donors (Lipinski definition) is 1. The number of rotatable bonds is 5. The van der Waals surface area contributed by atoms with Gasteiger partial charge in [0.25, 0.3) is 5.56 Å². The number of carbonyl (C=O) groups excluding carboxylic acids is 1. The first kappa shape index (κ1) is 17.8. The fourth-order valence-electron chi connectivity index (χ4n) is 3.19. The first-order valence-electron chi connectivity index (χ1n) is 8.66. The molecular weight excluding hydrogens is 334 g/mol. The lowest BCUT2D eigenvalue weighted by molar-refractivity contribution is -0.138. The smallest absolute Gasteiger partial charge is 0.303 e. The highest BCUT2D eigenvalue weighted by Gasteiger charge is 2.24. The van der Waals surface area contributed by atoms with Crippen molar-refractivity contribution in [1.29, 1.82) is 0 Å². The Labute approximate surface area is 150 Å². The Balaban J connectivity index is 1.66. The Morgan fingerprint density at radius 3 is 2.42 bits per heavy atom. The fourth-order valence-corrected chi connectivity index (χ4v) is 3.19. The molecule has 7 heteroatoms. The number of nitrogens with zero attached hydrogens (tertiary/aromatic N) is 3. The Morgan fingerprint density at radius 2 is 1.77 bits per heavy atom. The van der Waals surface area contributed by atoms with Gasteiger partial charge in [0.1, 0.15) is 6.54 Å². The lowest BCUT2D eigenvalue weighted by Crippen LogP contribution is -2.42. The van der Waals surface area contributed by atoms with Gasteiger partial charge in [0.15, 0.2) is 0 Å². The van der Waals surface area contributed by atoms with Gasteiger partial charge in [-0.2, -0.15) is 5.10 Å². The molecule has 0 unspecified atom stereocenters. The highest BCUT2D eigenvalue weighted by molar-refractivity contribution is 5.76. The SMILES string of the molecule is O=C(O)CC1CCN(C(=O)Cn2nc(-c3ccccc3)ccc2=O)CC1. The lowest BCUT2D eigenvalue weighted by Gasteiger charge is -2.31. The van der Waals surface area contributed by atoms with E-state index in [4.69, 9.17) is 5.11 Å². The molecule has 2 aromatic rings. The molecule has 0 spiro atoms. The van der Waals surface area contributed by atoms with Gasteiger partial charge in [0, 0.05) is 31.1 Å². The van der Waals surface area contributed by atoms with E-state index in [-0.39, 0.29) is 30.3 Å². The average Bonchev–Trinajstić information content (AvgIpc) is 2.64. The van der Waals surface area contributed by atoms with Gasteiger partial charge in [-0.05, 0) is 24.8 Å². The molecule has 0 bridgehead atoms. The van der Waals surface area contributed by atoms with Crippen molar-refractivity contribution in [1.82, 2.24) is 14.7 Å². The Kier molecular flexibility index (Phi) is 5.46. The molecule has 136 valence electrons. The second kappa shape index (κ2) is 7.95. The van der Waals surface area contributed by atoms with Crippen LogP contribution in [-0.4, -0.2) is 44.8 Å². The van der Waals surface area contributed by atoms with E-state index in [1.54, 1.807) is 11.0 Å². The summed E-state index contributed by atoms with van der Waals surface area (Å²) in [4.78, 5) is 37.0. The van der Waals surface area contributed by atoms with E-state index in [2.05, 4.69) is 5.10 Å². The van der Waals surface area contributed by atoms with Crippen LogP contribution in [0, 0.1) is 5.92 Å². The molecular formula is C19H21N3O4. The zero-order valence-electron chi connectivity index (χ0n) is 14.4. The molecule has 0 saturated carbocycles. The van der Waals surface area contributed by atoms with Crippen molar-refractivity contribution in [2.45, 2.75) is 25.8 Å². The van der Waals surface area contributed by atoms with Crippen LogP contribution in [0.15, 0.2) is 47.3 Å². The van der Waals surface area contributed by atoms with Crippen LogP contribution in [-0.2, 0) is 16.1 Å². The van der Waals surface area contributed by atoms with Gasteiger partial charge in [-0.15, -0.1) is 0 Å². The topological polar surface area (TPSA) is 92.5 Å². The van der Waals surface area contributed by atoms with Gasteiger partial charge in [-0.1, -0.05) is 30.3 Å². The summed E-state index contributed by atoms with van der Waals surface area (Å²) in [7, 11) is 0. The van der Waals surface area contributed by atoms with Crippen molar-refractivity contribution < 1.29 is 14.7 Å². The molecule has 1 N–H and O–H groups in total. The summed E-state index contributed by atoms with van der Waals surface area (Å²) in [6.07, 6.45) is 1.48. The number of carbonyl (C=O) groups is 2. The Bertz CT molecular complexity index is 839. The normalized spacial score (nSPS) is 15.0. The second-order valence-corrected chi connectivity index (χ2v) is 6.50. The summed E-state index contributed by atoms with van der Waals surface area (Å²) >= 11 is 0. The van der Waals surface area contributed by atoms with Gasteiger partial charge in [-0.3, -0.25) is 14.4 Å². The van der Waals surface area contributed by atoms with Gasteiger partial charge in [0.2, 0.25) is 5.91 Å². The highest BCUT2D eigenvalue weighted by atomic mass is 16.4. The minimum Gasteiger partial charge on any atom is -0.481 e. The van der Waals surface area contributed by atoms with E-state index < -0.39 is 5.97 Å². The third-order valence-electron chi connectivity index (χ3n) is 4.65. The molecule has 0 atom stereocenters. The maximum absolute atomic E-state index is 12.5. The number of piperidine rings is 1. The molecule has 2 heterocycles. The van der Waals surface area contributed by atoms with Crippen molar-refractivity contribution >= 4 is 11.9 Å². The maximum atomic E-state index is 12.5. The third kappa shape index (κ3) is 4.36. The van der Waals surface area contributed by atoms with Gasteiger partial charge >= 0.3 is 5.97 Å². The van der Waals surface area contributed by atoms with Crippen molar-refractivity contribution in [3.8, 4) is 11.3 Å². The van der Waals surface area contributed by atoms with E-state index in [1.807, 2.05) is 30.3 Å². The number of carboxylic acid groups (broad SMARTS) is 1. The third-order valence-corrected chi connectivity index (χ3v) is 4.65. The second-order valence-electron chi connectivity index (χ2n) is 6.50. The minimum atomic E-state index is -0.803. The number of hydrogen-bond acceptors (Lipinski definition) is 4. The summed E-state index contributed by atoms with van der Waals surface area (Å²) in [5, 5.41) is 13.2. The molecule has 3 rings (SSSR count). The van der Waals surface area contributed by atoms with Crippen LogP contribution in [0.5, 0.6) is 0 Å². The van der Waals surface area contributed by atoms with E-state index in [9.17, 15) is 14.4 Å². The summed E-state index contributed by atoms with van der Waals surface area (Å²) in [6.45, 7) is 0.927. The van der Waals surface area contributed by atoms with Crippen molar-refractivity contribution in [2.75, 3.05) is 13.1 Å². The molecule has 1 saturated heterocycles. The van der Waals surface area contributed by atoms with Crippen LogP contribution in [0.1, 0.15) is 19.3 Å². The number of aromatic nitrogens is 2. The zero-order chi connectivity index (χ0) is 18.5. The van der Waals surface area contributed by atoms with Gasteiger partial charge in [-0.25, -0.2) is 4.68 Å². The largest absolute Gasteiger partial charge is 0.481 e. The monoisotopic (exact) mass is 355 g/mol. The van der Waals surface area contributed by atoms with Crippen molar-refractivity contribution in [3.63, 3.8) is 0 Å². The summed E-state index contributed by atoms with van der Waals surface area (Å²) in [5.74, 6) is -0.861. The van der Waals surface area contributed by atoms with Gasteiger partial charge < -0.3 is 10.0 Å². The number of likely N-dealkylation sites (tertiary alicyclic amines) is 1. The molecule has 1 fully saturated rings. The van der Waals surface area contributed by atoms with Crippen LogP contribution < -0.4 is 5.56 Å². The molecule has 1 aromatic heterocycles. The minimum absolute atomic E-state index is 0.108. The summed E-state index contributed by atoms with van der Waals surface area (Å²) in [6, 6.07) is 12.5. The van der Waals surface area contributed by atoms with Crippen LogP contribution >= 0.6 is 0 Å². The van der Waals surface area contributed by atoms with Crippen LogP contribution in [0.25, 0.3) is 11.3 Å². The number of amides is 1. The molecule has 1 aromatic carbocycles. The molecule has 0 radical (unpaired) electrons. The van der Waals surface area contributed by atoms with E-state index in [1.165, 1.54) is 10.7 Å². The number of carboxylic acids is 1. The molecule has 1 aliphatic heterocycles. The van der Waals surface area contributed by atoms with Crippen LogP contribution in [0.2, 0.25) is 0 Å². The predicted octanol–water partition coefficient (Wildman–Crippen LogP) is 1.62. The summed E-state index contributed by atoms with van der Waals surface area (Å²) < 4.78 is 1.19. The summed E-state index contributed by atoms with van der Waals surface area (Å²) in [5.41, 5.74) is 1.19. The lowest BCUT2D eigenvalue weighted by atomic mass is 9.93. The molecule has 0 aliphatic carbocycles. The maximum Gasteiger partial charge on any atom is 0.303 e. The Morgan fingerprint density at radius 1 is 1.08 bits per heavy atom. The number of aliphatic carboxylic acids is 1. The van der Waals surface area contributed by atoms with Crippen LogP contribution in [0.4, 0.5) is 0 Å². The predicted molar refractivity (Wildman–Crippen MR) is 95.5 cm³/mol. The quantitative estimate of drug-likeness (QED) is 0.880. The molecule has 1 amide bonds. The van der Waals surface area contributed by atoms with Crippen LogP contribution in [0.3, 0.4) is 0 Å². The van der Waals surface area contributed by atoms with Gasteiger partial charge in [0.05, 0.1) is 5.69 Å². The fraction of sp³-hybridized carbons (Fsp3) is 0.368. The first-order valence-corrected chi connectivity index (χ1v) is 8.66. The first-order chi connectivity index (χ1) is 12.5. The van der Waals surface area contributed by atoms with E-state index in [0.717, 1.165) is 5.56 Å². The van der Waals surface area contributed by atoms with Crippen molar-refractivity contribution in [2.24, 2.45) is 5.92 Å². The molecule has 7 nitrogen and oxygen atoms in total. The number of benzene rings is 1. The van der Waals surface area contributed by atoms with E-state index in [0.29, 0.717) is 31.6 Å². The zero-order valence-corrected chi connectivity index (χ0v) is 14.4. The Hall–Kier alpha value is -2.96.